The fraction of sp³-hybridized carbons (Fsp3) is 0.600. The van der Waals surface area contributed by atoms with Crippen molar-refractivity contribution in [1.29, 1.82) is 0 Å². The maximum Gasteiger partial charge on any atom is 0.394 e. The first kappa shape index (κ1) is 30.4. The highest BCUT2D eigenvalue weighted by atomic mass is 35.5. The predicted octanol–water partition coefficient (Wildman–Crippen LogP) is 4.81. The molecular weight excluding hydrogens is 550 g/mol. The summed E-state index contributed by atoms with van der Waals surface area (Å²) < 4.78 is 79.6. The summed E-state index contributed by atoms with van der Waals surface area (Å²) in [4.78, 5) is 17.1. The van der Waals surface area contributed by atoms with E-state index < -0.39 is 50.4 Å². The average molecular weight is 582 g/mol. The lowest BCUT2D eigenvalue weighted by Crippen LogP contribution is -2.47. The van der Waals surface area contributed by atoms with Gasteiger partial charge in [-0.15, -0.1) is 0 Å². The summed E-state index contributed by atoms with van der Waals surface area (Å²) in [5, 5.41) is 12.7. The normalized spacial score (nSPS) is 20.9. The van der Waals surface area contributed by atoms with E-state index in [4.69, 9.17) is 11.6 Å². The number of aromatic nitrogens is 2. The molecule has 1 amide bonds. The maximum atomic E-state index is 15.1. The second-order valence-corrected chi connectivity index (χ2v) is 13.3. The molecule has 0 atom stereocenters. The highest BCUT2D eigenvalue weighted by Gasteiger charge is 2.47. The van der Waals surface area contributed by atoms with Crippen molar-refractivity contribution in [3.05, 3.63) is 46.3 Å². The summed E-state index contributed by atoms with van der Waals surface area (Å²) in [7, 11) is -3.22. The van der Waals surface area contributed by atoms with Crippen molar-refractivity contribution in [1.82, 2.24) is 14.9 Å². The van der Waals surface area contributed by atoms with Crippen LogP contribution in [0.4, 0.5) is 17.6 Å². The number of imidazole rings is 1. The van der Waals surface area contributed by atoms with E-state index in [0.29, 0.717) is 0 Å². The van der Waals surface area contributed by atoms with Gasteiger partial charge in [0.05, 0.1) is 22.0 Å². The number of halogens is 5. The van der Waals surface area contributed by atoms with Crippen LogP contribution in [0.15, 0.2) is 18.2 Å². The van der Waals surface area contributed by atoms with Crippen LogP contribution in [-0.4, -0.2) is 58.8 Å². The van der Waals surface area contributed by atoms with E-state index in [1.54, 1.807) is 6.92 Å². The molecule has 1 aromatic heterocycles. The number of hydrogen-bond acceptors (Lipinski definition) is 5. The average Bonchev–Trinajstić information content (AvgIpc) is 3.12. The number of carbonyl (C=O) groups excluding carboxylic acids is 1. The molecule has 2 N–H and O–H groups in total. The van der Waals surface area contributed by atoms with Gasteiger partial charge in [0.1, 0.15) is 26.6 Å². The SMILES string of the molecule is CCc1nc(C(=O)NCC2(O)CCC(S(C)(=O)=O)CC2)c(Cl)n1-c1ccc(CC(C)(C)C(F)(F)F)cc1F. The number of amides is 1. The van der Waals surface area contributed by atoms with E-state index in [2.05, 4.69) is 10.3 Å². The Morgan fingerprint density at radius 1 is 1.26 bits per heavy atom. The predicted molar refractivity (Wildman–Crippen MR) is 136 cm³/mol. The van der Waals surface area contributed by atoms with Crippen LogP contribution in [0.2, 0.25) is 5.15 Å². The molecule has 2 aromatic rings. The highest BCUT2D eigenvalue weighted by Crippen LogP contribution is 2.40. The van der Waals surface area contributed by atoms with Gasteiger partial charge in [-0.3, -0.25) is 9.36 Å². The number of sulfone groups is 1. The number of rotatable bonds is 8. The van der Waals surface area contributed by atoms with E-state index in [-0.39, 0.29) is 66.6 Å². The van der Waals surface area contributed by atoms with Gasteiger partial charge in [0, 0.05) is 19.2 Å². The minimum atomic E-state index is -4.46. The number of aliphatic hydroxyl groups is 1. The summed E-state index contributed by atoms with van der Waals surface area (Å²) in [6.07, 6.45) is -2.53. The van der Waals surface area contributed by atoms with E-state index >= 15 is 4.39 Å². The quantitative estimate of drug-likeness (QED) is 0.436. The molecule has 13 heteroatoms. The largest absolute Gasteiger partial charge is 0.394 e. The van der Waals surface area contributed by atoms with Crippen LogP contribution < -0.4 is 5.32 Å². The minimum Gasteiger partial charge on any atom is -0.388 e. The molecule has 7 nitrogen and oxygen atoms in total. The Morgan fingerprint density at radius 3 is 2.37 bits per heavy atom. The molecule has 0 spiro atoms. The fourth-order valence-electron chi connectivity index (χ4n) is 4.59. The van der Waals surface area contributed by atoms with Gasteiger partial charge in [0.2, 0.25) is 0 Å². The Kier molecular flexibility index (Phi) is 8.60. The molecule has 212 valence electrons. The van der Waals surface area contributed by atoms with Gasteiger partial charge in [-0.2, -0.15) is 13.2 Å². The van der Waals surface area contributed by atoms with Crippen LogP contribution in [0.1, 0.15) is 68.3 Å². The lowest BCUT2D eigenvalue weighted by molar-refractivity contribution is -0.211. The third-order valence-corrected chi connectivity index (χ3v) is 9.17. The van der Waals surface area contributed by atoms with Crippen LogP contribution >= 0.6 is 11.6 Å². The van der Waals surface area contributed by atoms with Gasteiger partial charge in [-0.25, -0.2) is 17.8 Å². The minimum absolute atomic E-state index is 0.0651. The number of aryl methyl sites for hydroxylation is 1. The summed E-state index contributed by atoms with van der Waals surface area (Å²) in [5.41, 5.74) is -3.45. The first-order valence-corrected chi connectivity index (χ1v) is 14.5. The van der Waals surface area contributed by atoms with Gasteiger partial charge in [-0.1, -0.05) is 38.4 Å². The number of nitrogens with zero attached hydrogens (tertiary/aromatic N) is 2. The highest BCUT2D eigenvalue weighted by molar-refractivity contribution is 7.91. The molecule has 1 heterocycles. The van der Waals surface area contributed by atoms with Crippen LogP contribution in [0.3, 0.4) is 0 Å². The molecule has 3 rings (SSSR count). The van der Waals surface area contributed by atoms with Crippen molar-refractivity contribution < 1.29 is 35.9 Å². The number of benzene rings is 1. The summed E-state index contributed by atoms with van der Waals surface area (Å²) >= 11 is 6.44. The Labute approximate surface area is 224 Å². The second-order valence-electron chi connectivity index (χ2n) is 10.6. The molecule has 1 saturated carbocycles. The zero-order valence-electron chi connectivity index (χ0n) is 21.6. The van der Waals surface area contributed by atoms with Crippen molar-refractivity contribution in [3.63, 3.8) is 0 Å². The molecule has 0 bridgehead atoms. The Balaban J connectivity index is 1.79. The lowest BCUT2D eigenvalue weighted by atomic mass is 9.84. The Morgan fingerprint density at radius 2 is 1.87 bits per heavy atom. The summed E-state index contributed by atoms with van der Waals surface area (Å²) in [6.45, 7) is 3.65. The van der Waals surface area contributed by atoms with Gasteiger partial charge >= 0.3 is 6.18 Å². The Hall–Kier alpha value is -2.18. The first-order chi connectivity index (χ1) is 17.4. The van der Waals surface area contributed by atoms with Gasteiger partial charge in [-0.05, 0) is 49.8 Å². The van der Waals surface area contributed by atoms with Gasteiger partial charge in [0.15, 0.2) is 5.69 Å². The van der Waals surface area contributed by atoms with E-state index in [1.165, 1.54) is 16.7 Å². The van der Waals surface area contributed by atoms with Crippen LogP contribution in [0.5, 0.6) is 0 Å². The zero-order chi connectivity index (χ0) is 28.7. The van der Waals surface area contributed by atoms with Crippen molar-refractivity contribution >= 4 is 27.3 Å². The maximum absolute atomic E-state index is 15.1. The van der Waals surface area contributed by atoms with Crippen LogP contribution in [0, 0.1) is 11.2 Å². The molecule has 1 fully saturated rings. The number of hydrogen-bond donors (Lipinski definition) is 2. The first-order valence-electron chi connectivity index (χ1n) is 12.2. The van der Waals surface area contributed by atoms with E-state index in [1.807, 2.05) is 0 Å². The second kappa shape index (κ2) is 10.8. The number of nitrogens with one attached hydrogen (secondary N) is 1. The molecule has 0 radical (unpaired) electrons. The molecular formula is C25H32ClF4N3O4S. The molecule has 38 heavy (non-hydrogen) atoms. The topological polar surface area (TPSA) is 101 Å². The standard InChI is InChI=1S/C25H32ClF4N3O4S/c1-5-19-32-20(22(34)31-14-24(35)10-8-16(9-11-24)38(4,36)37)21(26)33(19)18-7-6-15(12-17(18)27)13-23(2,3)25(28,29)30/h6-7,12,16,35H,5,8-11,13-14H2,1-4H3,(H,31,34). The smallest absolute Gasteiger partial charge is 0.388 e. The fourth-order valence-corrected chi connectivity index (χ4v) is 5.99. The van der Waals surface area contributed by atoms with E-state index in [0.717, 1.165) is 26.2 Å². The third kappa shape index (κ3) is 6.51. The van der Waals surface area contributed by atoms with Crippen molar-refractivity contribution in [2.45, 2.75) is 76.3 Å². The van der Waals surface area contributed by atoms with Crippen molar-refractivity contribution in [2.75, 3.05) is 12.8 Å². The van der Waals surface area contributed by atoms with Gasteiger partial charge in [0.25, 0.3) is 5.91 Å². The van der Waals surface area contributed by atoms with Gasteiger partial charge < -0.3 is 10.4 Å². The molecule has 1 aliphatic rings. The Bertz CT molecular complexity index is 1300. The molecule has 0 unspecified atom stereocenters. The molecule has 0 saturated heterocycles. The summed E-state index contributed by atoms with van der Waals surface area (Å²) in [6, 6.07) is 3.69. The van der Waals surface area contributed by atoms with Crippen LogP contribution in [0.25, 0.3) is 5.69 Å². The summed E-state index contributed by atoms with van der Waals surface area (Å²) in [5.74, 6) is -1.26. The third-order valence-electron chi connectivity index (χ3n) is 7.14. The zero-order valence-corrected chi connectivity index (χ0v) is 23.2. The number of alkyl halides is 3. The molecule has 0 aliphatic heterocycles. The van der Waals surface area contributed by atoms with Crippen LogP contribution in [-0.2, 0) is 22.7 Å². The van der Waals surface area contributed by atoms with Crippen molar-refractivity contribution in [3.8, 4) is 5.69 Å². The van der Waals surface area contributed by atoms with E-state index in [9.17, 15) is 31.5 Å². The number of carbonyl (C=O) groups is 1. The molecule has 1 aliphatic carbocycles. The lowest BCUT2D eigenvalue weighted by Gasteiger charge is -2.35. The monoisotopic (exact) mass is 581 g/mol. The molecule has 1 aromatic carbocycles. The van der Waals surface area contributed by atoms with Crippen molar-refractivity contribution in [2.24, 2.45) is 5.41 Å².